The van der Waals surface area contributed by atoms with Crippen molar-refractivity contribution in [3.63, 3.8) is 0 Å². The summed E-state index contributed by atoms with van der Waals surface area (Å²) in [6.07, 6.45) is 2.67. The molecule has 0 aromatic heterocycles. The SMILES string of the molecule is CC1CC(N(C)CC(C)(C)N)CCO1. The zero-order valence-electron chi connectivity index (χ0n) is 9.92. The quantitative estimate of drug-likeness (QED) is 0.744. The Kier molecular flexibility index (Phi) is 3.93. The van der Waals surface area contributed by atoms with Gasteiger partial charge in [0.1, 0.15) is 0 Å². The first-order valence-corrected chi connectivity index (χ1v) is 5.49. The molecular weight excluding hydrogens is 176 g/mol. The number of hydrogen-bond acceptors (Lipinski definition) is 3. The van der Waals surface area contributed by atoms with E-state index < -0.39 is 0 Å². The summed E-state index contributed by atoms with van der Waals surface area (Å²) in [5.74, 6) is 0. The average molecular weight is 200 g/mol. The molecule has 2 N–H and O–H groups in total. The predicted molar refractivity (Wildman–Crippen MR) is 59.3 cm³/mol. The highest BCUT2D eigenvalue weighted by Crippen LogP contribution is 2.18. The minimum Gasteiger partial charge on any atom is -0.378 e. The van der Waals surface area contributed by atoms with Crippen LogP contribution in [0.1, 0.15) is 33.6 Å². The number of hydrogen-bond donors (Lipinski definition) is 1. The Hall–Kier alpha value is -0.120. The van der Waals surface area contributed by atoms with E-state index in [1.54, 1.807) is 0 Å². The van der Waals surface area contributed by atoms with Crippen LogP contribution < -0.4 is 5.73 Å². The van der Waals surface area contributed by atoms with Crippen LogP contribution in [0.2, 0.25) is 0 Å². The molecule has 84 valence electrons. The lowest BCUT2D eigenvalue weighted by Crippen LogP contribution is -2.49. The first kappa shape index (κ1) is 12.0. The molecule has 1 heterocycles. The zero-order valence-corrected chi connectivity index (χ0v) is 9.92. The van der Waals surface area contributed by atoms with Crippen molar-refractivity contribution in [2.24, 2.45) is 5.73 Å². The average Bonchev–Trinajstić information content (AvgIpc) is 2.01. The number of ether oxygens (including phenoxy) is 1. The summed E-state index contributed by atoms with van der Waals surface area (Å²) in [4.78, 5) is 2.37. The molecule has 0 aliphatic carbocycles. The van der Waals surface area contributed by atoms with Gasteiger partial charge >= 0.3 is 0 Å². The minimum atomic E-state index is -0.101. The highest BCUT2D eigenvalue weighted by Gasteiger charge is 2.25. The summed E-state index contributed by atoms with van der Waals surface area (Å²) in [6.45, 7) is 8.14. The molecular formula is C11H24N2O. The third-order valence-corrected chi connectivity index (χ3v) is 2.74. The molecule has 1 aliphatic rings. The van der Waals surface area contributed by atoms with Crippen LogP contribution in [0.15, 0.2) is 0 Å². The molecule has 3 nitrogen and oxygen atoms in total. The summed E-state index contributed by atoms with van der Waals surface area (Å²) in [6, 6.07) is 0.640. The van der Waals surface area contributed by atoms with Gasteiger partial charge in [-0.2, -0.15) is 0 Å². The van der Waals surface area contributed by atoms with Gasteiger partial charge in [0.2, 0.25) is 0 Å². The first-order valence-electron chi connectivity index (χ1n) is 5.49. The highest BCUT2D eigenvalue weighted by atomic mass is 16.5. The number of likely N-dealkylation sites (N-methyl/N-ethyl adjacent to an activating group) is 1. The Bertz CT molecular complexity index is 177. The van der Waals surface area contributed by atoms with Crippen molar-refractivity contribution in [3.8, 4) is 0 Å². The molecule has 0 aromatic rings. The molecule has 0 saturated carbocycles. The van der Waals surface area contributed by atoms with Crippen molar-refractivity contribution < 1.29 is 4.74 Å². The molecule has 1 saturated heterocycles. The standard InChI is InChI=1S/C11H24N2O/c1-9-7-10(5-6-14-9)13(4)8-11(2,3)12/h9-10H,5-8,12H2,1-4H3. The molecule has 0 bridgehead atoms. The van der Waals surface area contributed by atoms with Crippen LogP contribution in [0, 0.1) is 0 Å². The van der Waals surface area contributed by atoms with E-state index in [9.17, 15) is 0 Å². The Labute approximate surface area is 87.6 Å². The van der Waals surface area contributed by atoms with Crippen LogP contribution in [0.4, 0.5) is 0 Å². The number of rotatable bonds is 3. The van der Waals surface area contributed by atoms with Gasteiger partial charge in [-0.15, -0.1) is 0 Å². The summed E-state index contributed by atoms with van der Waals surface area (Å²) >= 11 is 0. The first-order chi connectivity index (χ1) is 6.38. The monoisotopic (exact) mass is 200 g/mol. The molecule has 2 atom stereocenters. The van der Waals surface area contributed by atoms with E-state index in [2.05, 4.69) is 32.7 Å². The normalized spacial score (nSPS) is 29.6. The second kappa shape index (κ2) is 4.60. The molecule has 0 spiro atoms. The van der Waals surface area contributed by atoms with E-state index in [0.717, 1.165) is 26.0 Å². The minimum absolute atomic E-state index is 0.101. The van der Waals surface area contributed by atoms with E-state index >= 15 is 0 Å². The molecule has 1 rings (SSSR count). The van der Waals surface area contributed by atoms with Crippen molar-refractivity contribution in [2.75, 3.05) is 20.2 Å². The van der Waals surface area contributed by atoms with E-state index in [-0.39, 0.29) is 5.54 Å². The topological polar surface area (TPSA) is 38.5 Å². The highest BCUT2D eigenvalue weighted by molar-refractivity contribution is 4.82. The van der Waals surface area contributed by atoms with Crippen LogP contribution in [0.5, 0.6) is 0 Å². The van der Waals surface area contributed by atoms with Gasteiger partial charge in [0.25, 0.3) is 0 Å². The van der Waals surface area contributed by atoms with Crippen LogP contribution >= 0.6 is 0 Å². The third kappa shape index (κ3) is 3.95. The van der Waals surface area contributed by atoms with Gasteiger partial charge in [-0.1, -0.05) is 0 Å². The van der Waals surface area contributed by atoms with Crippen molar-refractivity contribution in [1.29, 1.82) is 0 Å². The van der Waals surface area contributed by atoms with Crippen LogP contribution in [-0.4, -0.2) is 42.8 Å². The smallest absolute Gasteiger partial charge is 0.0561 e. The fourth-order valence-electron chi connectivity index (χ4n) is 2.15. The molecule has 0 amide bonds. The summed E-state index contributed by atoms with van der Waals surface area (Å²) in [5.41, 5.74) is 5.90. The molecule has 1 fully saturated rings. The Morgan fingerprint density at radius 2 is 2.14 bits per heavy atom. The molecule has 3 heteroatoms. The predicted octanol–water partition coefficient (Wildman–Crippen LogP) is 1.22. The Morgan fingerprint density at radius 3 is 2.64 bits per heavy atom. The maximum Gasteiger partial charge on any atom is 0.0561 e. The van der Waals surface area contributed by atoms with Crippen LogP contribution in [0.3, 0.4) is 0 Å². The van der Waals surface area contributed by atoms with Gasteiger partial charge in [0.15, 0.2) is 0 Å². The summed E-state index contributed by atoms with van der Waals surface area (Å²) < 4.78 is 5.53. The Balaban J connectivity index is 2.39. The third-order valence-electron chi connectivity index (χ3n) is 2.74. The van der Waals surface area contributed by atoms with Gasteiger partial charge in [-0.25, -0.2) is 0 Å². The molecule has 2 unspecified atom stereocenters. The molecule has 1 aliphatic heterocycles. The van der Waals surface area contributed by atoms with Crippen molar-refractivity contribution in [1.82, 2.24) is 4.90 Å². The van der Waals surface area contributed by atoms with E-state index in [4.69, 9.17) is 10.5 Å². The Morgan fingerprint density at radius 1 is 1.50 bits per heavy atom. The zero-order chi connectivity index (χ0) is 10.8. The van der Waals surface area contributed by atoms with Crippen LogP contribution in [-0.2, 0) is 4.74 Å². The van der Waals surface area contributed by atoms with E-state index in [0.29, 0.717) is 12.1 Å². The second-order valence-corrected chi connectivity index (χ2v) is 5.26. The fourth-order valence-corrected chi connectivity index (χ4v) is 2.15. The van der Waals surface area contributed by atoms with E-state index in [1.807, 2.05) is 0 Å². The molecule has 14 heavy (non-hydrogen) atoms. The van der Waals surface area contributed by atoms with Gasteiger partial charge in [0, 0.05) is 24.7 Å². The van der Waals surface area contributed by atoms with Crippen molar-refractivity contribution in [3.05, 3.63) is 0 Å². The van der Waals surface area contributed by atoms with Gasteiger partial charge in [-0.05, 0) is 40.7 Å². The second-order valence-electron chi connectivity index (χ2n) is 5.26. The molecule has 0 radical (unpaired) electrons. The van der Waals surface area contributed by atoms with Gasteiger partial charge in [0.05, 0.1) is 6.10 Å². The maximum atomic E-state index is 6.00. The summed E-state index contributed by atoms with van der Waals surface area (Å²) in [5, 5.41) is 0. The maximum absolute atomic E-state index is 6.00. The lowest BCUT2D eigenvalue weighted by atomic mass is 10.00. The van der Waals surface area contributed by atoms with Crippen molar-refractivity contribution in [2.45, 2.75) is 51.3 Å². The largest absolute Gasteiger partial charge is 0.378 e. The number of nitrogens with zero attached hydrogens (tertiary/aromatic N) is 1. The van der Waals surface area contributed by atoms with Gasteiger partial charge < -0.3 is 15.4 Å². The lowest BCUT2D eigenvalue weighted by Gasteiger charge is -2.37. The lowest BCUT2D eigenvalue weighted by molar-refractivity contribution is -0.0145. The van der Waals surface area contributed by atoms with Gasteiger partial charge in [-0.3, -0.25) is 0 Å². The fraction of sp³-hybridized carbons (Fsp3) is 1.00. The molecule has 0 aromatic carbocycles. The number of nitrogens with two attached hydrogens (primary N) is 1. The van der Waals surface area contributed by atoms with Crippen molar-refractivity contribution >= 4 is 0 Å². The van der Waals surface area contributed by atoms with Crippen LogP contribution in [0.25, 0.3) is 0 Å². The summed E-state index contributed by atoms with van der Waals surface area (Å²) in [7, 11) is 2.16. The van der Waals surface area contributed by atoms with E-state index in [1.165, 1.54) is 0 Å².